The van der Waals surface area contributed by atoms with Crippen LogP contribution in [0.5, 0.6) is 5.75 Å². The Balaban J connectivity index is 1.64. The minimum absolute atomic E-state index is 0.0778. The van der Waals surface area contributed by atoms with Crippen molar-refractivity contribution in [2.24, 2.45) is 0 Å². The zero-order valence-electron chi connectivity index (χ0n) is 14.3. The number of methoxy groups -OCH3 is 1. The first-order chi connectivity index (χ1) is 12.2. The molecule has 1 saturated heterocycles. The number of aromatic carboxylic acids is 1. The standard InChI is InChI=1S/C19H23NO5/c1-23-13-16-12-20(6-8-24-16)7-9-25-18-11-15-5-3-2-4-14(15)10-17(18)19(21)22/h2-5,10-11,16H,6-9,12-13H2,1H3,(H,21,22). The highest BCUT2D eigenvalue weighted by Gasteiger charge is 2.20. The van der Waals surface area contributed by atoms with Crippen molar-refractivity contribution < 1.29 is 24.1 Å². The predicted molar refractivity (Wildman–Crippen MR) is 94.5 cm³/mol. The molecule has 1 heterocycles. The van der Waals surface area contributed by atoms with E-state index in [1.165, 1.54) is 0 Å². The highest BCUT2D eigenvalue weighted by atomic mass is 16.5. The third kappa shape index (κ3) is 4.48. The van der Waals surface area contributed by atoms with Gasteiger partial charge in [0.15, 0.2) is 0 Å². The van der Waals surface area contributed by atoms with E-state index in [2.05, 4.69) is 4.90 Å². The van der Waals surface area contributed by atoms with Crippen LogP contribution in [-0.2, 0) is 9.47 Å². The molecule has 0 amide bonds. The van der Waals surface area contributed by atoms with Crippen LogP contribution in [0.2, 0.25) is 0 Å². The summed E-state index contributed by atoms with van der Waals surface area (Å²) in [6.07, 6.45) is 0.0778. The van der Waals surface area contributed by atoms with Gasteiger partial charge in [0.2, 0.25) is 0 Å². The third-order valence-corrected chi connectivity index (χ3v) is 4.32. The molecule has 0 aromatic heterocycles. The van der Waals surface area contributed by atoms with Gasteiger partial charge in [-0.1, -0.05) is 24.3 Å². The Hall–Kier alpha value is -2.15. The number of benzene rings is 2. The number of carboxylic acid groups (broad SMARTS) is 1. The van der Waals surface area contributed by atoms with Gasteiger partial charge in [-0.25, -0.2) is 4.79 Å². The fraction of sp³-hybridized carbons (Fsp3) is 0.421. The number of rotatable bonds is 7. The number of nitrogens with zero attached hydrogens (tertiary/aromatic N) is 1. The van der Waals surface area contributed by atoms with Gasteiger partial charge in [-0.2, -0.15) is 0 Å². The summed E-state index contributed by atoms with van der Waals surface area (Å²) in [5.74, 6) is -0.569. The quantitative estimate of drug-likeness (QED) is 0.830. The fourth-order valence-corrected chi connectivity index (χ4v) is 3.06. The Bertz CT molecular complexity index is 731. The molecule has 0 bridgehead atoms. The number of morpholine rings is 1. The summed E-state index contributed by atoms with van der Waals surface area (Å²) in [5, 5.41) is 11.3. The van der Waals surface area contributed by atoms with Gasteiger partial charge >= 0.3 is 5.97 Å². The Morgan fingerprint density at radius 2 is 2.08 bits per heavy atom. The van der Waals surface area contributed by atoms with Crippen molar-refractivity contribution in [2.45, 2.75) is 6.10 Å². The van der Waals surface area contributed by atoms with Crippen LogP contribution in [0.3, 0.4) is 0 Å². The van der Waals surface area contributed by atoms with Gasteiger partial charge in [-0.3, -0.25) is 4.90 Å². The molecule has 2 aromatic rings. The van der Waals surface area contributed by atoms with Crippen LogP contribution in [0, 0.1) is 0 Å². The maximum absolute atomic E-state index is 11.5. The van der Waals surface area contributed by atoms with Crippen LogP contribution in [0.4, 0.5) is 0 Å². The Morgan fingerprint density at radius 3 is 2.80 bits per heavy atom. The van der Waals surface area contributed by atoms with Gasteiger partial charge in [0, 0.05) is 26.7 Å². The number of carboxylic acids is 1. The van der Waals surface area contributed by atoms with Crippen molar-refractivity contribution in [3.63, 3.8) is 0 Å². The first kappa shape index (κ1) is 17.7. The Kier molecular flexibility index (Phi) is 5.86. The summed E-state index contributed by atoms with van der Waals surface area (Å²) in [5.41, 5.74) is 0.193. The lowest BCUT2D eigenvalue weighted by Crippen LogP contribution is -2.45. The van der Waals surface area contributed by atoms with Gasteiger partial charge in [0.1, 0.15) is 17.9 Å². The maximum atomic E-state index is 11.5. The largest absolute Gasteiger partial charge is 0.491 e. The van der Waals surface area contributed by atoms with Crippen LogP contribution in [0.1, 0.15) is 10.4 Å². The Morgan fingerprint density at radius 1 is 1.32 bits per heavy atom. The lowest BCUT2D eigenvalue weighted by Gasteiger charge is -2.32. The van der Waals surface area contributed by atoms with Crippen molar-refractivity contribution in [3.05, 3.63) is 42.0 Å². The van der Waals surface area contributed by atoms with Gasteiger partial charge in [-0.15, -0.1) is 0 Å². The molecule has 25 heavy (non-hydrogen) atoms. The van der Waals surface area contributed by atoms with E-state index >= 15 is 0 Å². The van der Waals surface area contributed by atoms with Crippen LogP contribution in [0.15, 0.2) is 36.4 Å². The summed E-state index contributed by atoms with van der Waals surface area (Å²) in [6.45, 7) is 4.02. The molecule has 6 nitrogen and oxygen atoms in total. The number of carbonyl (C=O) groups is 1. The molecule has 6 heteroatoms. The first-order valence-electron chi connectivity index (χ1n) is 8.39. The van der Waals surface area contributed by atoms with Crippen molar-refractivity contribution in [3.8, 4) is 5.75 Å². The highest BCUT2D eigenvalue weighted by molar-refractivity contribution is 5.97. The van der Waals surface area contributed by atoms with Gasteiger partial charge in [0.05, 0.1) is 19.3 Å². The molecule has 1 unspecified atom stereocenters. The average molecular weight is 345 g/mol. The molecule has 0 saturated carbocycles. The molecular formula is C19H23NO5. The van der Waals surface area contributed by atoms with Crippen LogP contribution in [0.25, 0.3) is 10.8 Å². The smallest absolute Gasteiger partial charge is 0.339 e. The van der Waals surface area contributed by atoms with Gasteiger partial charge in [0.25, 0.3) is 0 Å². The second-order valence-corrected chi connectivity index (χ2v) is 6.10. The van der Waals surface area contributed by atoms with E-state index in [1.54, 1.807) is 19.2 Å². The number of hydrogen-bond donors (Lipinski definition) is 1. The van der Waals surface area contributed by atoms with Crippen molar-refractivity contribution in [1.82, 2.24) is 4.90 Å². The lowest BCUT2D eigenvalue weighted by molar-refractivity contribution is -0.0627. The van der Waals surface area contributed by atoms with E-state index in [0.29, 0.717) is 25.6 Å². The summed E-state index contributed by atoms with van der Waals surface area (Å²) in [4.78, 5) is 13.8. The molecule has 134 valence electrons. The minimum Gasteiger partial charge on any atom is -0.491 e. The predicted octanol–water partition coefficient (Wildman–Crippen LogP) is 2.26. The number of ether oxygens (including phenoxy) is 3. The third-order valence-electron chi connectivity index (χ3n) is 4.32. The van der Waals surface area contributed by atoms with E-state index in [9.17, 15) is 9.90 Å². The fourth-order valence-electron chi connectivity index (χ4n) is 3.06. The molecule has 0 spiro atoms. The summed E-state index contributed by atoms with van der Waals surface area (Å²) in [6, 6.07) is 11.1. The van der Waals surface area contributed by atoms with E-state index in [4.69, 9.17) is 14.2 Å². The topological polar surface area (TPSA) is 68.2 Å². The van der Waals surface area contributed by atoms with E-state index in [1.807, 2.05) is 24.3 Å². The van der Waals surface area contributed by atoms with Crippen molar-refractivity contribution >= 4 is 16.7 Å². The second kappa shape index (κ2) is 8.29. The molecule has 0 aliphatic carbocycles. The summed E-state index contributed by atoms with van der Waals surface area (Å²) < 4.78 is 16.6. The molecule has 1 atom stereocenters. The molecule has 1 aliphatic rings. The van der Waals surface area contributed by atoms with E-state index in [-0.39, 0.29) is 11.7 Å². The number of fused-ring (bicyclic) bond motifs is 1. The molecule has 1 fully saturated rings. The zero-order chi connectivity index (χ0) is 17.6. The molecule has 0 radical (unpaired) electrons. The first-order valence-corrected chi connectivity index (χ1v) is 8.39. The summed E-state index contributed by atoms with van der Waals surface area (Å²) >= 11 is 0. The minimum atomic E-state index is -0.979. The van der Waals surface area contributed by atoms with Crippen molar-refractivity contribution in [2.75, 3.05) is 46.6 Å². The lowest BCUT2D eigenvalue weighted by atomic mass is 10.1. The average Bonchev–Trinajstić information content (AvgIpc) is 2.61. The molecule has 3 rings (SSSR count). The van der Waals surface area contributed by atoms with E-state index in [0.717, 1.165) is 30.4 Å². The maximum Gasteiger partial charge on any atom is 0.339 e. The molecular weight excluding hydrogens is 322 g/mol. The summed E-state index contributed by atoms with van der Waals surface area (Å²) in [7, 11) is 1.67. The second-order valence-electron chi connectivity index (χ2n) is 6.10. The monoisotopic (exact) mass is 345 g/mol. The van der Waals surface area contributed by atoms with Crippen LogP contribution >= 0.6 is 0 Å². The number of hydrogen-bond acceptors (Lipinski definition) is 5. The molecule has 2 aromatic carbocycles. The van der Waals surface area contributed by atoms with Crippen LogP contribution in [-0.4, -0.2) is 68.6 Å². The van der Waals surface area contributed by atoms with Crippen molar-refractivity contribution in [1.29, 1.82) is 0 Å². The van der Waals surface area contributed by atoms with Crippen LogP contribution < -0.4 is 4.74 Å². The van der Waals surface area contributed by atoms with E-state index < -0.39 is 5.97 Å². The normalized spacial score (nSPS) is 18.4. The highest BCUT2D eigenvalue weighted by Crippen LogP contribution is 2.26. The Labute approximate surface area is 146 Å². The molecule has 1 aliphatic heterocycles. The van der Waals surface area contributed by atoms with Gasteiger partial charge in [-0.05, 0) is 22.9 Å². The SMILES string of the molecule is COCC1CN(CCOc2cc3ccccc3cc2C(=O)O)CCO1. The molecule has 1 N–H and O–H groups in total. The van der Waals surface area contributed by atoms with Gasteiger partial charge < -0.3 is 19.3 Å². The zero-order valence-corrected chi connectivity index (χ0v) is 14.3.